The van der Waals surface area contributed by atoms with Crippen LogP contribution < -0.4 is 31.1 Å². The summed E-state index contributed by atoms with van der Waals surface area (Å²) in [5.74, 6) is 0. The number of benzene rings is 7. The minimum atomic E-state index is -0.161. The number of hydrogen-bond acceptors (Lipinski definition) is 3. The zero-order valence-corrected chi connectivity index (χ0v) is 50.9. The molecule has 78 heavy (non-hydrogen) atoms. The lowest BCUT2D eigenvalue weighted by Crippen LogP contribution is -2.62. The van der Waals surface area contributed by atoms with Crippen molar-refractivity contribution >= 4 is 68.6 Å². The molecule has 4 heteroatoms. The van der Waals surface area contributed by atoms with Crippen molar-refractivity contribution in [3.8, 4) is 11.1 Å². The van der Waals surface area contributed by atoms with Gasteiger partial charge in [-0.2, -0.15) is 0 Å². The van der Waals surface area contributed by atoms with Crippen LogP contribution in [0.25, 0.3) is 11.1 Å². The summed E-state index contributed by atoms with van der Waals surface area (Å²) in [5, 5.41) is 0. The summed E-state index contributed by atoms with van der Waals surface area (Å²) in [7, 11) is 0. The molecule has 7 aromatic carbocycles. The monoisotopic (exact) mass is 1030 g/mol. The Balaban J connectivity index is 1.26. The van der Waals surface area contributed by atoms with E-state index < -0.39 is 0 Å². The molecule has 3 nitrogen and oxygen atoms in total. The Bertz CT molecular complexity index is 3550. The average molecular weight is 1030 g/mol. The van der Waals surface area contributed by atoms with E-state index in [0.717, 1.165) is 19.3 Å². The van der Waals surface area contributed by atoms with Crippen molar-refractivity contribution in [3.63, 3.8) is 0 Å². The number of anilines is 8. The SMILES string of the molecule is CC(C)(C)c1ccc(N2c3cc(C(C)(C)C)ccc3B3c4cc5c(cc4N(c4ccc(C(C)(C)C)cc4-c4ccccc4)c4cc(N6c7ccc(C(C)(C)C)cc7C7(C)CCCCC67C)cc2c43)C(C)(C)CCC5(C)C)cc1. The third-order valence-electron chi connectivity index (χ3n) is 20.3. The summed E-state index contributed by atoms with van der Waals surface area (Å²) in [6, 6.07) is 54.1. The first-order valence-electron chi connectivity index (χ1n) is 29.8. The molecule has 5 aliphatic rings. The average Bonchev–Trinajstić information content (AvgIpc) is 2.42. The van der Waals surface area contributed by atoms with Gasteiger partial charge in [0.1, 0.15) is 0 Å². The van der Waals surface area contributed by atoms with Crippen LogP contribution in [0, 0.1) is 0 Å². The van der Waals surface area contributed by atoms with Crippen LogP contribution in [0.15, 0.2) is 133 Å². The van der Waals surface area contributed by atoms with Crippen LogP contribution in [-0.4, -0.2) is 12.3 Å². The quantitative estimate of drug-likeness (QED) is 0.163. The third kappa shape index (κ3) is 8.01. The number of rotatable bonds is 4. The molecule has 0 radical (unpaired) electrons. The van der Waals surface area contributed by atoms with E-state index in [0.29, 0.717) is 0 Å². The van der Waals surface area contributed by atoms with Gasteiger partial charge in [0.25, 0.3) is 6.71 Å². The molecule has 1 fully saturated rings. The lowest BCUT2D eigenvalue weighted by molar-refractivity contribution is 0.195. The molecular formula is C74H88BN3. The molecule has 2 unspecified atom stereocenters. The maximum Gasteiger partial charge on any atom is 0.252 e. The smallest absolute Gasteiger partial charge is 0.252 e. The minimum absolute atomic E-state index is 0.00445. The molecule has 3 heterocycles. The van der Waals surface area contributed by atoms with E-state index in [4.69, 9.17) is 0 Å². The Labute approximate surface area is 471 Å². The Hall–Kier alpha value is -6.00. The Morgan fingerprint density at radius 1 is 0.385 bits per heavy atom. The topological polar surface area (TPSA) is 9.72 Å². The summed E-state index contributed by atoms with van der Waals surface area (Å²) >= 11 is 0. The second-order valence-electron chi connectivity index (χ2n) is 30.5. The molecular weight excluding hydrogens is 942 g/mol. The molecule has 7 aromatic rings. The molecule has 0 saturated heterocycles. The lowest BCUT2D eigenvalue weighted by atomic mass is 9.33. The predicted molar refractivity (Wildman–Crippen MR) is 339 cm³/mol. The van der Waals surface area contributed by atoms with Crippen molar-refractivity contribution in [2.45, 2.75) is 207 Å². The molecule has 0 spiro atoms. The largest absolute Gasteiger partial charge is 0.334 e. The highest BCUT2D eigenvalue weighted by atomic mass is 15.3. The highest BCUT2D eigenvalue weighted by Gasteiger charge is 2.58. The van der Waals surface area contributed by atoms with Gasteiger partial charge in [-0.3, -0.25) is 0 Å². The highest BCUT2D eigenvalue weighted by Crippen LogP contribution is 2.63. The first-order chi connectivity index (χ1) is 36.4. The maximum absolute atomic E-state index is 2.86. The molecule has 12 rings (SSSR count). The van der Waals surface area contributed by atoms with Crippen molar-refractivity contribution in [3.05, 3.63) is 172 Å². The van der Waals surface area contributed by atoms with E-state index in [1.54, 1.807) is 0 Å². The van der Waals surface area contributed by atoms with Crippen LogP contribution in [0.3, 0.4) is 0 Å². The van der Waals surface area contributed by atoms with Gasteiger partial charge in [0.05, 0.1) is 11.2 Å². The van der Waals surface area contributed by atoms with E-state index in [9.17, 15) is 0 Å². The van der Waals surface area contributed by atoms with Gasteiger partial charge in [0, 0.05) is 50.8 Å². The Morgan fingerprint density at radius 3 is 1.51 bits per heavy atom. The molecule has 2 aliphatic carbocycles. The summed E-state index contributed by atoms with van der Waals surface area (Å²) < 4.78 is 0. The normalized spacial score (nSPS) is 21.1. The fraction of sp³-hybridized carbons (Fsp3) is 0.432. The van der Waals surface area contributed by atoms with Crippen LogP contribution in [-0.2, 0) is 37.9 Å². The molecule has 0 N–H and O–H groups in total. The zero-order chi connectivity index (χ0) is 55.7. The number of fused-ring (bicyclic) bond motifs is 8. The maximum atomic E-state index is 2.86. The van der Waals surface area contributed by atoms with Crippen LogP contribution in [0.5, 0.6) is 0 Å². The van der Waals surface area contributed by atoms with Gasteiger partial charge in [-0.05, 0) is 181 Å². The predicted octanol–water partition coefficient (Wildman–Crippen LogP) is 18.7. The minimum Gasteiger partial charge on any atom is -0.334 e. The second-order valence-corrected chi connectivity index (χ2v) is 30.5. The zero-order valence-electron chi connectivity index (χ0n) is 50.9. The van der Waals surface area contributed by atoms with Crippen molar-refractivity contribution < 1.29 is 0 Å². The van der Waals surface area contributed by atoms with Gasteiger partial charge in [-0.1, -0.05) is 209 Å². The van der Waals surface area contributed by atoms with Gasteiger partial charge in [0.15, 0.2) is 0 Å². The van der Waals surface area contributed by atoms with Crippen LogP contribution >= 0.6 is 0 Å². The Kier molecular flexibility index (Phi) is 11.7. The molecule has 0 aromatic heterocycles. The first-order valence-corrected chi connectivity index (χ1v) is 29.8. The van der Waals surface area contributed by atoms with E-state index in [2.05, 4.69) is 273 Å². The lowest BCUT2D eigenvalue weighted by Gasteiger charge is -2.51. The number of nitrogens with zero attached hydrogens (tertiary/aromatic N) is 3. The first kappa shape index (κ1) is 52.7. The summed E-state index contributed by atoms with van der Waals surface area (Å²) in [5.41, 5.74) is 26.6. The van der Waals surface area contributed by atoms with Crippen molar-refractivity contribution in [1.82, 2.24) is 0 Å². The highest BCUT2D eigenvalue weighted by molar-refractivity contribution is 7.00. The molecule has 0 bridgehead atoms. The molecule has 0 amide bonds. The molecule has 402 valence electrons. The fourth-order valence-corrected chi connectivity index (χ4v) is 14.9. The fourth-order valence-electron chi connectivity index (χ4n) is 14.9. The van der Waals surface area contributed by atoms with Gasteiger partial charge in [-0.25, -0.2) is 0 Å². The Morgan fingerprint density at radius 2 is 0.897 bits per heavy atom. The summed E-state index contributed by atoms with van der Waals surface area (Å²) in [6.45, 7) is 43.6. The van der Waals surface area contributed by atoms with Gasteiger partial charge < -0.3 is 14.7 Å². The van der Waals surface area contributed by atoms with E-state index in [1.807, 2.05) is 0 Å². The van der Waals surface area contributed by atoms with Crippen LogP contribution in [0.2, 0.25) is 0 Å². The molecule has 1 saturated carbocycles. The van der Waals surface area contributed by atoms with Crippen LogP contribution in [0.4, 0.5) is 45.5 Å². The van der Waals surface area contributed by atoms with E-state index in [-0.39, 0.29) is 50.2 Å². The van der Waals surface area contributed by atoms with Crippen LogP contribution in [0.1, 0.15) is 202 Å². The van der Waals surface area contributed by atoms with E-state index in [1.165, 1.54) is 131 Å². The number of hydrogen-bond donors (Lipinski definition) is 0. The molecule has 3 aliphatic heterocycles. The standard InChI is InChI=1S/C74H88BN3/c1-67(2,3)48-26-31-52(32-27-48)76-62-42-51(70(10,11)12)28-33-58(62)75-59-45-55-56(72(15,16)39-38-71(55,13)14)46-63(59)77(60-34-29-49(68(4,5)6)40-54(60)47-24-20-19-21-25-47)65-44-53(43-64(76)66(65)75)78-61-35-30-50(69(7,8)9)41-57(61)73(17)36-22-23-37-74(73,78)18/h19-21,24-35,40-46H,22-23,36-39H2,1-18H3. The van der Waals surface area contributed by atoms with Crippen molar-refractivity contribution in [2.24, 2.45) is 0 Å². The van der Waals surface area contributed by atoms with Crippen molar-refractivity contribution in [2.75, 3.05) is 14.7 Å². The third-order valence-corrected chi connectivity index (χ3v) is 20.3. The summed E-state index contributed by atoms with van der Waals surface area (Å²) in [6.07, 6.45) is 7.08. The second kappa shape index (κ2) is 17.3. The van der Waals surface area contributed by atoms with Crippen molar-refractivity contribution in [1.29, 1.82) is 0 Å². The molecule has 2 atom stereocenters. The summed E-state index contributed by atoms with van der Waals surface area (Å²) in [4.78, 5) is 8.31. The van der Waals surface area contributed by atoms with Gasteiger partial charge in [-0.15, -0.1) is 0 Å². The van der Waals surface area contributed by atoms with Gasteiger partial charge in [0.2, 0.25) is 0 Å². The van der Waals surface area contributed by atoms with Gasteiger partial charge >= 0.3 is 0 Å². The van der Waals surface area contributed by atoms with E-state index >= 15 is 0 Å².